The summed E-state index contributed by atoms with van der Waals surface area (Å²) in [6.45, 7) is 1.97. The second kappa shape index (κ2) is 4.30. The number of piperazine rings is 1. The Morgan fingerprint density at radius 2 is 2.33 bits per heavy atom. The van der Waals surface area contributed by atoms with Crippen LogP contribution in [0.5, 0.6) is 0 Å². The van der Waals surface area contributed by atoms with Gasteiger partial charge in [-0.15, -0.1) is 0 Å². The van der Waals surface area contributed by atoms with Crippen molar-refractivity contribution in [1.82, 2.24) is 15.4 Å². The number of amides is 2. The maximum absolute atomic E-state index is 11.5. The number of nitrogens with one attached hydrogen (secondary N) is 1. The summed E-state index contributed by atoms with van der Waals surface area (Å²) in [6.07, 6.45) is 0. The van der Waals surface area contributed by atoms with Crippen LogP contribution in [-0.2, 0) is 0 Å². The second-order valence-corrected chi connectivity index (χ2v) is 4.32. The lowest BCUT2D eigenvalue weighted by molar-refractivity contribution is 0.164. The van der Waals surface area contributed by atoms with Crippen molar-refractivity contribution in [2.75, 3.05) is 19.6 Å². The highest BCUT2D eigenvalue weighted by Gasteiger charge is 2.30. The first-order chi connectivity index (χ1) is 8.77. The van der Waals surface area contributed by atoms with Crippen LogP contribution in [0, 0.1) is 0 Å². The van der Waals surface area contributed by atoms with Gasteiger partial charge in [0.15, 0.2) is 5.58 Å². The number of fused-ring (bicyclic) bond motifs is 1. The molecule has 1 unspecified atom stereocenters. The third-order valence-corrected chi connectivity index (χ3v) is 3.25. The van der Waals surface area contributed by atoms with E-state index < -0.39 is 6.03 Å². The Bertz CT molecular complexity index is 580. The number of nitrogens with two attached hydrogens (primary N) is 1. The number of carbonyl (C=O) groups is 1. The third kappa shape index (κ3) is 1.70. The molecule has 2 amide bonds. The van der Waals surface area contributed by atoms with Crippen LogP contribution in [0.15, 0.2) is 28.8 Å². The largest absolute Gasteiger partial charge is 0.356 e. The zero-order chi connectivity index (χ0) is 12.5. The molecule has 2 aromatic rings. The van der Waals surface area contributed by atoms with Gasteiger partial charge in [0, 0.05) is 25.0 Å². The van der Waals surface area contributed by atoms with E-state index in [1.165, 1.54) is 0 Å². The van der Waals surface area contributed by atoms with Crippen LogP contribution < -0.4 is 11.1 Å². The van der Waals surface area contributed by atoms with Crippen molar-refractivity contribution >= 4 is 17.0 Å². The molecule has 0 bridgehead atoms. The molecule has 3 N–H and O–H groups in total. The van der Waals surface area contributed by atoms with E-state index in [9.17, 15) is 4.79 Å². The number of nitrogens with zero attached hydrogens (tertiary/aromatic N) is 2. The van der Waals surface area contributed by atoms with Crippen molar-refractivity contribution in [2.45, 2.75) is 6.04 Å². The zero-order valence-electron chi connectivity index (χ0n) is 9.80. The van der Waals surface area contributed by atoms with Crippen LogP contribution in [0.1, 0.15) is 11.7 Å². The quantitative estimate of drug-likeness (QED) is 0.781. The fourth-order valence-corrected chi connectivity index (χ4v) is 2.36. The first kappa shape index (κ1) is 11.0. The average molecular weight is 246 g/mol. The van der Waals surface area contributed by atoms with Crippen LogP contribution >= 0.6 is 0 Å². The summed E-state index contributed by atoms with van der Waals surface area (Å²) in [6, 6.07) is 7.02. The van der Waals surface area contributed by atoms with Gasteiger partial charge in [0.25, 0.3) is 0 Å². The molecule has 6 nitrogen and oxygen atoms in total. The minimum absolute atomic E-state index is 0.167. The summed E-state index contributed by atoms with van der Waals surface area (Å²) in [4.78, 5) is 13.1. The number of hydrogen-bond acceptors (Lipinski definition) is 4. The van der Waals surface area contributed by atoms with Gasteiger partial charge in [0.2, 0.25) is 0 Å². The van der Waals surface area contributed by atoms with Crippen molar-refractivity contribution in [3.8, 4) is 0 Å². The maximum atomic E-state index is 11.5. The highest BCUT2D eigenvalue weighted by atomic mass is 16.5. The minimum Gasteiger partial charge on any atom is -0.356 e. The molecule has 94 valence electrons. The molecule has 0 saturated carbocycles. The fraction of sp³-hybridized carbons (Fsp3) is 0.333. The molecule has 0 radical (unpaired) electrons. The molecular formula is C12H14N4O2. The summed E-state index contributed by atoms with van der Waals surface area (Å²) < 4.78 is 5.27. The minimum atomic E-state index is -0.423. The van der Waals surface area contributed by atoms with E-state index in [4.69, 9.17) is 10.3 Å². The molecule has 1 aromatic heterocycles. The number of rotatable bonds is 1. The number of benzene rings is 1. The number of para-hydroxylation sites is 1. The first-order valence-corrected chi connectivity index (χ1v) is 5.88. The Balaban J connectivity index is 2.04. The molecule has 0 spiro atoms. The Morgan fingerprint density at radius 3 is 3.17 bits per heavy atom. The molecular weight excluding hydrogens is 232 g/mol. The van der Waals surface area contributed by atoms with Crippen LogP contribution in [0.25, 0.3) is 11.0 Å². The van der Waals surface area contributed by atoms with Crippen LogP contribution in [0.2, 0.25) is 0 Å². The molecule has 1 saturated heterocycles. The summed E-state index contributed by atoms with van der Waals surface area (Å²) >= 11 is 0. The lowest BCUT2D eigenvalue weighted by Gasteiger charge is -2.33. The maximum Gasteiger partial charge on any atom is 0.315 e. The van der Waals surface area contributed by atoms with E-state index in [-0.39, 0.29) is 6.04 Å². The van der Waals surface area contributed by atoms with Crippen molar-refractivity contribution in [1.29, 1.82) is 0 Å². The van der Waals surface area contributed by atoms with Crippen molar-refractivity contribution in [3.05, 3.63) is 30.0 Å². The predicted molar refractivity (Wildman–Crippen MR) is 65.9 cm³/mol. The van der Waals surface area contributed by atoms with Gasteiger partial charge in [-0.3, -0.25) is 0 Å². The highest BCUT2D eigenvalue weighted by Crippen LogP contribution is 2.28. The monoisotopic (exact) mass is 246 g/mol. The van der Waals surface area contributed by atoms with Crippen molar-refractivity contribution in [3.63, 3.8) is 0 Å². The lowest BCUT2D eigenvalue weighted by atomic mass is 10.1. The van der Waals surface area contributed by atoms with E-state index in [0.717, 1.165) is 23.2 Å². The number of carbonyl (C=O) groups excluding carboxylic acids is 1. The third-order valence-electron chi connectivity index (χ3n) is 3.25. The van der Waals surface area contributed by atoms with Crippen LogP contribution in [0.3, 0.4) is 0 Å². The molecule has 1 aromatic carbocycles. The molecule has 18 heavy (non-hydrogen) atoms. The van der Waals surface area contributed by atoms with E-state index in [1.54, 1.807) is 4.90 Å². The van der Waals surface area contributed by atoms with E-state index in [2.05, 4.69) is 10.5 Å². The number of urea groups is 1. The van der Waals surface area contributed by atoms with E-state index in [1.807, 2.05) is 24.3 Å². The van der Waals surface area contributed by atoms with Crippen LogP contribution in [0.4, 0.5) is 4.79 Å². The number of aromatic nitrogens is 1. The molecule has 2 heterocycles. The van der Waals surface area contributed by atoms with E-state index >= 15 is 0 Å². The van der Waals surface area contributed by atoms with Gasteiger partial charge in [-0.25, -0.2) is 4.79 Å². The summed E-state index contributed by atoms with van der Waals surface area (Å²) in [5, 5.41) is 8.26. The van der Waals surface area contributed by atoms with Crippen molar-refractivity contribution in [2.24, 2.45) is 5.73 Å². The molecule has 1 aliphatic rings. The molecule has 1 aliphatic heterocycles. The van der Waals surface area contributed by atoms with Crippen LogP contribution in [-0.4, -0.2) is 35.7 Å². The van der Waals surface area contributed by atoms with Gasteiger partial charge in [-0.05, 0) is 12.1 Å². The Kier molecular flexibility index (Phi) is 2.64. The van der Waals surface area contributed by atoms with Gasteiger partial charge in [-0.2, -0.15) is 0 Å². The molecule has 0 aliphatic carbocycles. The summed E-state index contributed by atoms with van der Waals surface area (Å²) in [7, 11) is 0. The lowest BCUT2D eigenvalue weighted by Crippen LogP contribution is -2.50. The summed E-state index contributed by atoms with van der Waals surface area (Å²) in [5.41, 5.74) is 6.89. The molecule has 1 atom stereocenters. The second-order valence-electron chi connectivity index (χ2n) is 4.32. The smallest absolute Gasteiger partial charge is 0.315 e. The van der Waals surface area contributed by atoms with Gasteiger partial charge in [-0.1, -0.05) is 17.3 Å². The Labute approximate surface area is 104 Å². The highest BCUT2D eigenvalue weighted by molar-refractivity contribution is 5.81. The molecule has 3 rings (SSSR count). The number of primary amides is 1. The normalized spacial score (nSPS) is 20.2. The first-order valence-electron chi connectivity index (χ1n) is 5.88. The SMILES string of the molecule is NC(=O)N1CCNCC1c1noc2ccccc12. The Morgan fingerprint density at radius 1 is 1.50 bits per heavy atom. The Hall–Kier alpha value is -2.08. The van der Waals surface area contributed by atoms with E-state index in [0.29, 0.717) is 13.1 Å². The van der Waals surface area contributed by atoms with Gasteiger partial charge in [0.1, 0.15) is 5.69 Å². The molecule has 6 heteroatoms. The fourth-order valence-electron chi connectivity index (χ4n) is 2.36. The number of hydrogen-bond donors (Lipinski definition) is 2. The predicted octanol–water partition coefficient (Wildman–Crippen LogP) is 0.853. The standard InChI is InChI=1S/C12H14N4O2/c13-12(17)16-6-5-14-7-9(16)11-8-3-1-2-4-10(8)18-15-11/h1-4,9,14H,5-7H2,(H2,13,17). The topological polar surface area (TPSA) is 84.4 Å². The van der Waals surface area contributed by atoms with Gasteiger partial charge in [0.05, 0.1) is 6.04 Å². The average Bonchev–Trinajstić information content (AvgIpc) is 2.82. The zero-order valence-corrected chi connectivity index (χ0v) is 9.80. The van der Waals surface area contributed by atoms with Crippen molar-refractivity contribution < 1.29 is 9.32 Å². The van der Waals surface area contributed by atoms with Gasteiger partial charge >= 0.3 is 6.03 Å². The molecule has 1 fully saturated rings. The summed E-state index contributed by atoms with van der Waals surface area (Å²) in [5.74, 6) is 0. The van der Waals surface area contributed by atoms with Gasteiger partial charge < -0.3 is 20.5 Å².